The van der Waals surface area contributed by atoms with Crippen molar-refractivity contribution in [2.24, 2.45) is 0 Å². The molecule has 0 radical (unpaired) electrons. The zero-order chi connectivity index (χ0) is 14.0. The van der Waals surface area contributed by atoms with E-state index in [1.165, 1.54) is 4.90 Å². The summed E-state index contributed by atoms with van der Waals surface area (Å²) < 4.78 is 0. The van der Waals surface area contributed by atoms with Crippen molar-refractivity contribution in [2.45, 2.75) is 24.7 Å². The van der Waals surface area contributed by atoms with Gasteiger partial charge >= 0.3 is 5.97 Å². The fourth-order valence-electron chi connectivity index (χ4n) is 2.27. The van der Waals surface area contributed by atoms with Crippen molar-refractivity contribution in [3.8, 4) is 0 Å². The van der Waals surface area contributed by atoms with Crippen LogP contribution in [-0.2, 0) is 15.0 Å². The highest BCUT2D eigenvalue weighted by Crippen LogP contribution is 2.49. The maximum Gasteiger partial charge on any atom is 0.305 e. The van der Waals surface area contributed by atoms with Crippen LogP contribution in [0.25, 0.3) is 0 Å². The summed E-state index contributed by atoms with van der Waals surface area (Å²) in [5, 5.41) is 9.28. The Labute approximate surface area is 117 Å². The van der Waals surface area contributed by atoms with Gasteiger partial charge in [0, 0.05) is 18.6 Å². The largest absolute Gasteiger partial charge is 0.481 e. The highest BCUT2D eigenvalue weighted by molar-refractivity contribution is 6.30. The summed E-state index contributed by atoms with van der Waals surface area (Å²) in [5.74, 6) is -0.914. The zero-order valence-electron chi connectivity index (χ0n) is 10.7. The van der Waals surface area contributed by atoms with Crippen LogP contribution in [-0.4, -0.2) is 35.5 Å². The Morgan fingerprint density at radius 2 is 2.11 bits per heavy atom. The lowest BCUT2D eigenvalue weighted by molar-refractivity contribution is -0.138. The topological polar surface area (TPSA) is 57.6 Å². The first-order chi connectivity index (χ1) is 8.95. The summed E-state index contributed by atoms with van der Waals surface area (Å²) in [6.45, 7) is 0.233. The monoisotopic (exact) mass is 281 g/mol. The number of carbonyl (C=O) groups is 2. The van der Waals surface area contributed by atoms with Crippen molar-refractivity contribution in [1.82, 2.24) is 4.90 Å². The quantitative estimate of drug-likeness (QED) is 0.901. The molecular formula is C14H16ClNO3. The lowest BCUT2D eigenvalue weighted by atomic mass is 9.94. The molecule has 0 aliphatic heterocycles. The van der Waals surface area contributed by atoms with Gasteiger partial charge in [0.1, 0.15) is 0 Å². The molecule has 5 heteroatoms. The Morgan fingerprint density at radius 3 is 2.63 bits per heavy atom. The lowest BCUT2D eigenvalue weighted by Gasteiger charge is -2.23. The van der Waals surface area contributed by atoms with Gasteiger partial charge in [-0.2, -0.15) is 0 Å². The van der Waals surface area contributed by atoms with Crippen molar-refractivity contribution < 1.29 is 14.7 Å². The maximum atomic E-state index is 12.4. The highest BCUT2D eigenvalue weighted by Gasteiger charge is 2.52. The third-order valence-electron chi connectivity index (χ3n) is 3.54. The smallest absolute Gasteiger partial charge is 0.305 e. The minimum Gasteiger partial charge on any atom is -0.481 e. The maximum absolute atomic E-state index is 12.4. The zero-order valence-corrected chi connectivity index (χ0v) is 11.5. The van der Waals surface area contributed by atoms with E-state index in [0.29, 0.717) is 5.02 Å². The van der Waals surface area contributed by atoms with Crippen molar-refractivity contribution >= 4 is 23.5 Å². The highest BCUT2D eigenvalue weighted by atomic mass is 35.5. The molecule has 0 bridgehead atoms. The molecule has 1 aromatic rings. The second kappa shape index (κ2) is 5.21. The second-order valence-electron chi connectivity index (χ2n) is 4.96. The minimum atomic E-state index is -0.896. The van der Waals surface area contributed by atoms with Gasteiger partial charge in [-0.25, -0.2) is 0 Å². The van der Waals surface area contributed by atoms with Gasteiger partial charge in [-0.15, -0.1) is 0 Å². The SMILES string of the molecule is CN(CCC(=O)O)C(=O)C1(c2cccc(Cl)c2)CC1. The predicted octanol–water partition coefficient (Wildman–Crippen LogP) is 2.30. The summed E-state index contributed by atoms with van der Waals surface area (Å²) in [5.41, 5.74) is 0.435. The van der Waals surface area contributed by atoms with Crippen LogP contribution < -0.4 is 0 Å². The Kier molecular flexibility index (Phi) is 3.80. The molecule has 0 saturated heterocycles. The summed E-state index contributed by atoms with van der Waals surface area (Å²) in [6.07, 6.45) is 1.56. The van der Waals surface area contributed by atoms with Gasteiger partial charge in [-0.05, 0) is 30.5 Å². The van der Waals surface area contributed by atoms with Crippen LogP contribution >= 0.6 is 11.6 Å². The number of aliphatic carboxylic acids is 1. The molecule has 1 aromatic carbocycles. The standard InChI is InChI=1S/C14H16ClNO3/c1-16(8-5-12(17)18)13(19)14(6-7-14)10-3-2-4-11(15)9-10/h2-4,9H,5-8H2,1H3,(H,17,18). The fourth-order valence-corrected chi connectivity index (χ4v) is 2.46. The molecule has 0 unspecified atom stereocenters. The third-order valence-corrected chi connectivity index (χ3v) is 3.78. The summed E-state index contributed by atoms with van der Waals surface area (Å²) in [6, 6.07) is 7.33. The van der Waals surface area contributed by atoms with E-state index < -0.39 is 11.4 Å². The normalized spacial score (nSPS) is 15.9. The van der Waals surface area contributed by atoms with Crippen molar-refractivity contribution in [3.63, 3.8) is 0 Å². The molecule has 102 valence electrons. The number of halogens is 1. The van der Waals surface area contributed by atoms with Crippen LogP contribution in [0.2, 0.25) is 5.02 Å². The van der Waals surface area contributed by atoms with E-state index in [-0.39, 0.29) is 18.9 Å². The minimum absolute atomic E-state index is 0.0176. The first kappa shape index (κ1) is 13.9. The molecular weight excluding hydrogens is 266 g/mol. The molecule has 1 aliphatic carbocycles. The Balaban J connectivity index is 2.12. The first-order valence-electron chi connectivity index (χ1n) is 6.19. The number of likely N-dealkylation sites (N-methyl/N-ethyl adjacent to an activating group) is 1. The number of nitrogens with zero attached hydrogens (tertiary/aromatic N) is 1. The molecule has 1 saturated carbocycles. The van der Waals surface area contributed by atoms with Crippen LogP contribution in [0.3, 0.4) is 0 Å². The molecule has 2 rings (SSSR count). The van der Waals surface area contributed by atoms with Crippen molar-refractivity contribution in [2.75, 3.05) is 13.6 Å². The van der Waals surface area contributed by atoms with E-state index in [4.69, 9.17) is 16.7 Å². The molecule has 1 aliphatic rings. The molecule has 1 N–H and O–H groups in total. The number of carboxylic acids is 1. The summed E-state index contributed by atoms with van der Waals surface area (Å²) in [7, 11) is 1.65. The summed E-state index contributed by atoms with van der Waals surface area (Å²) >= 11 is 5.96. The number of carbonyl (C=O) groups excluding carboxylic acids is 1. The van der Waals surface area contributed by atoms with Gasteiger partial charge in [0.25, 0.3) is 0 Å². The fraction of sp³-hybridized carbons (Fsp3) is 0.429. The molecule has 0 aromatic heterocycles. The van der Waals surface area contributed by atoms with Crippen LogP contribution in [0.4, 0.5) is 0 Å². The van der Waals surface area contributed by atoms with Gasteiger partial charge in [-0.3, -0.25) is 9.59 Å². The van der Waals surface area contributed by atoms with Gasteiger partial charge in [-0.1, -0.05) is 23.7 Å². The Morgan fingerprint density at radius 1 is 1.42 bits per heavy atom. The van der Waals surface area contributed by atoms with Crippen molar-refractivity contribution in [3.05, 3.63) is 34.9 Å². The van der Waals surface area contributed by atoms with E-state index >= 15 is 0 Å². The van der Waals surface area contributed by atoms with Crippen LogP contribution in [0, 0.1) is 0 Å². The van der Waals surface area contributed by atoms with Crippen molar-refractivity contribution in [1.29, 1.82) is 0 Å². The third kappa shape index (κ3) is 2.89. The van der Waals surface area contributed by atoms with E-state index in [0.717, 1.165) is 18.4 Å². The number of amides is 1. The molecule has 0 spiro atoms. The molecule has 19 heavy (non-hydrogen) atoms. The number of hydrogen-bond acceptors (Lipinski definition) is 2. The molecule has 1 amide bonds. The molecule has 0 atom stereocenters. The van der Waals surface area contributed by atoms with Gasteiger partial charge < -0.3 is 10.0 Å². The Bertz CT molecular complexity index is 511. The molecule has 0 heterocycles. The molecule has 4 nitrogen and oxygen atoms in total. The van der Waals surface area contributed by atoms with Gasteiger partial charge in [0.15, 0.2) is 0 Å². The average Bonchev–Trinajstić information content (AvgIpc) is 3.16. The number of hydrogen-bond donors (Lipinski definition) is 1. The number of benzene rings is 1. The first-order valence-corrected chi connectivity index (χ1v) is 6.57. The van der Waals surface area contributed by atoms with E-state index in [1.54, 1.807) is 13.1 Å². The van der Waals surface area contributed by atoms with E-state index in [1.807, 2.05) is 18.2 Å². The van der Waals surface area contributed by atoms with Crippen LogP contribution in [0.1, 0.15) is 24.8 Å². The summed E-state index contributed by atoms with van der Waals surface area (Å²) in [4.78, 5) is 24.5. The molecule has 1 fully saturated rings. The Hall–Kier alpha value is -1.55. The average molecular weight is 282 g/mol. The predicted molar refractivity (Wildman–Crippen MR) is 72.3 cm³/mol. The van der Waals surface area contributed by atoms with E-state index in [2.05, 4.69) is 0 Å². The van der Waals surface area contributed by atoms with E-state index in [9.17, 15) is 9.59 Å². The van der Waals surface area contributed by atoms with Crippen LogP contribution in [0.5, 0.6) is 0 Å². The van der Waals surface area contributed by atoms with Gasteiger partial charge in [0.2, 0.25) is 5.91 Å². The van der Waals surface area contributed by atoms with Gasteiger partial charge in [0.05, 0.1) is 11.8 Å². The number of carboxylic acid groups (broad SMARTS) is 1. The van der Waals surface area contributed by atoms with Crippen LogP contribution in [0.15, 0.2) is 24.3 Å². The number of rotatable bonds is 5. The lowest BCUT2D eigenvalue weighted by Crippen LogP contribution is -2.37. The second-order valence-corrected chi connectivity index (χ2v) is 5.40.